The lowest BCUT2D eigenvalue weighted by Gasteiger charge is -2.33. The highest BCUT2D eigenvalue weighted by Gasteiger charge is 2.26. The summed E-state index contributed by atoms with van der Waals surface area (Å²) in [4.78, 5) is 30.3. The Morgan fingerprint density at radius 2 is 1.77 bits per heavy atom. The summed E-state index contributed by atoms with van der Waals surface area (Å²) in [6.07, 6.45) is 3.78. The quantitative estimate of drug-likeness (QED) is 0.670. The van der Waals surface area contributed by atoms with Crippen LogP contribution in [0.15, 0.2) is 66.9 Å². The molecule has 1 saturated heterocycles. The van der Waals surface area contributed by atoms with Crippen molar-refractivity contribution in [1.82, 2.24) is 15.2 Å². The molecule has 1 aliphatic rings. The van der Waals surface area contributed by atoms with Crippen molar-refractivity contribution in [3.63, 3.8) is 0 Å². The molecule has 0 aliphatic carbocycles. The molecule has 1 aromatic heterocycles. The number of carbonyl (C=O) groups excluding carboxylic acids is 2. The number of amides is 2. The maximum Gasteiger partial charge on any atom is 0.255 e. The lowest BCUT2D eigenvalue weighted by Crippen LogP contribution is -2.43. The van der Waals surface area contributed by atoms with Gasteiger partial charge in [0.2, 0.25) is 0 Å². The van der Waals surface area contributed by atoms with Gasteiger partial charge < -0.3 is 15.2 Å². The molecule has 2 aromatic carbocycles. The Hall–Kier alpha value is -3.34. The van der Waals surface area contributed by atoms with E-state index in [9.17, 15) is 9.59 Å². The summed E-state index contributed by atoms with van der Waals surface area (Å²) in [5, 5.41) is 3.05. The first-order chi connectivity index (χ1) is 14.6. The van der Waals surface area contributed by atoms with Crippen LogP contribution in [0, 0.1) is 12.8 Å². The second kappa shape index (κ2) is 8.99. The third kappa shape index (κ3) is 4.46. The molecule has 2 amide bonds. The number of likely N-dealkylation sites (tertiary alicyclic amines) is 1. The SMILES string of the molecule is Cc1[nH]ccc1C(=O)N1CCC[C@H](CNC(=O)c2ccc(-c3ccccc3)cc2)C1. The summed E-state index contributed by atoms with van der Waals surface area (Å²) in [5.74, 6) is 0.273. The molecule has 2 N–H and O–H groups in total. The van der Waals surface area contributed by atoms with Crippen LogP contribution in [-0.2, 0) is 0 Å². The zero-order chi connectivity index (χ0) is 20.9. The second-order valence-corrected chi connectivity index (χ2v) is 7.93. The normalized spacial score (nSPS) is 16.3. The van der Waals surface area contributed by atoms with Crippen LogP contribution < -0.4 is 5.32 Å². The van der Waals surface area contributed by atoms with Gasteiger partial charge in [0.1, 0.15) is 0 Å². The summed E-state index contributed by atoms with van der Waals surface area (Å²) in [5.41, 5.74) is 4.51. The first kappa shape index (κ1) is 20.0. The second-order valence-electron chi connectivity index (χ2n) is 7.93. The number of benzene rings is 2. The zero-order valence-corrected chi connectivity index (χ0v) is 17.2. The topological polar surface area (TPSA) is 65.2 Å². The van der Waals surface area contributed by atoms with Crippen LogP contribution in [0.3, 0.4) is 0 Å². The molecule has 0 bridgehead atoms. The average molecular weight is 402 g/mol. The summed E-state index contributed by atoms with van der Waals surface area (Å²) in [6.45, 7) is 3.94. The van der Waals surface area contributed by atoms with Gasteiger partial charge in [-0.1, -0.05) is 42.5 Å². The monoisotopic (exact) mass is 401 g/mol. The van der Waals surface area contributed by atoms with Gasteiger partial charge in [-0.3, -0.25) is 9.59 Å². The Morgan fingerprint density at radius 3 is 2.47 bits per heavy atom. The van der Waals surface area contributed by atoms with E-state index in [-0.39, 0.29) is 17.7 Å². The van der Waals surface area contributed by atoms with Crippen LogP contribution in [0.5, 0.6) is 0 Å². The number of aryl methyl sites for hydroxylation is 1. The van der Waals surface area contributed by atoms with Crippen molar-refractivity contribution < 1.29 is 9.59 Å². The van der Waals surface area contributed by atoms with Crippen molar-refractivity contribution in [2.75, 3.05) is 19.6 Å². The Labute approximate surface area is 177 Å². The number of hydrogen-bond donors (Lipinski definition) is 2. The van der Waals surface area contributed by atoms with Gasteiger partial charge in [0.05, 0.1) is 5.56 Å². The third-order valence-electron chi connectivity index (χ3n) is 5.80. The molecule has 0 radical (unpaired) electrons. The Kier molecular flexibility index (Phi) is 5.98. The molecule has 30 heavy (non-hydrogen) atoms. The number of hydrogen-bond acceptors (Lipinski definition) is 2. The maximum absolute atomic E-state index is 12.8. The standard InChI is InChI=1S/C25H27N3O2/c1-18-23(13-14-26-18)25(30)28-15-5-6-19(17-28)16-27-24(29)22-11-9-21(10-12-22)20-7-3-2-4-8-20/h2-4,7-14,19,26H,5-6,15-17H2,1H3,(H,27,29)/t19-/m1/s1. The van der Waals surface area contributed by atoms with Crippen LogP contribution in [0.1, 0.15) is 39.3 Å². The molecule has 3 aromatic rings. The van der Waals surface area contributed by atoms with E-state index in [1.54, 1.807) is 6.20 Å². The van der Waals surface area contributed by atoms with Gasteiger partial charge in [-0.25, -0.2) is 0 Å². The van der Waals surface area contributed by atoms with Gasteiger partial charge in [-0.15, -0.1) is 0 Å². The predicted molar refractivity (Wildman–Crippen MR) is 118 cm³/mol. The van der Waals surface area contributed by atoms with Crippen LogP contribution in [0.2, 0.25) is 0 Å². The number of nitrogens with one attached hydrogen (secondary N) is 2. The first-order valence-electron chi connectivity index (χ1n) is 10.5. The first-order valence-corrected chi connectivity index (χ1v) is 10.5. The fourth-order valence-electron chi connectivity index (χ4n) is 4.05. The van der Waals surface area contributed by atoms with Crippen molar-refractivity contribution in [3.8, 4) is 11.1 Å². The smallest absolute Gasteiger partial charge is 0.255 e. The zero-order valence-electron chi connectivity index (χ0n) is 17.2. The number of aromatic nitrogens is 1. The van der Waals surface area contributed by atoms with Crippen molar-refractivity contribution in [3.05, 3.63) is 83.7 Å². The molecule has 1 fully saturated rings. The van der Waals surface area contributed by atoms with Crippen LogP contribution in [0.4, 0.5) is 0 Å². The van der Waals surface area contributed by atoms with E-state index in [4.69, 9.17) is 0 Å². The molecule has 5 nitrogen and oxygen atoms in total. The van der Waals surface area contributed by atoms with Crippen molar-refractivity contribution in [2.24, 2.45) is 5.92 Å². The van der Waals surface area contributed by atoms with Crippen LogP contribution in [-0.4, -0.2) is 41.3 Å². The number of nitrogens with zero attached hydrogens (tertiary/aromatic N) is 1. The fraction of sp³-hybridized carbons (Fsp3) is 0.280. The molecule has 1 atom stereocenters. The van der Waals surface area contributed by atoms with E-state index in [0.717, 1.165) is 41.8 Å². The molecule has 2 heterocycles. The molecule has 1 aliphatic heterocycles. The van der Waals surface area contributed by atoms with E-state index < -0.39 is 0 Å². The van der Waals surface area contributed by atoms with Crippen LogP contribution in [0.25, 0.3) is 11.1 Å². The lowest BCUT2D eigenvalue weighted by molar-refractivity contribution is 0.0670. The van der Waals surface area contributed by atoms with E-state index >= 15 is 0 Å². The highest BCUT2D eigenvalue weighted by atomic mass is 16.2. The Balaban J connectivity index is 1.32. The highest BCUT2D eigenvalue weighted by Crippen LogP contribution is 2.21. The molecule has 0 unspecified atom stereocenters. The molecular weight excluding hydrogens is 374 g/mol. The Morgan fingerprint density at radius 1 is 1.03 bits per heavy atom. The molecule has 0 spiro atoms. The summed E-state index contributed by atoms with van der Waals surface area (Å²) >= 11 is 0. The number of rotatable bonds is 5. The third-order valence-corrected chi connectivity index (χ3v) is 5.80. The van der Waals surface area contributed by atoms with Gasteiger partial charge in [0.25, 0.3) is 11.8 Å². The van der Waals surface area contributed by atoms with E-state index in [0.29, 0.717) is 18.7 Å². The lowest BCUT2D eigenvalue weighted by atomic mass is 9.97. The fourth-order valence-corrected chi connectivity index (χ4v) is 4.05. The Bertz CT molecular complexity index is 1010. The van der Waals surface area contributed by atoms with Gasteiger partial charge in [-0.2, -0.15) is 0 Å². The average Bonchev–Trinajstić information content (AvgIpc) is 3.23. The van der Waals surface area contributed by atoms with Crippen LogP contribution >= 0.6 is 0 Å². The number of H-pyrrole nitrogens is 1. The summed E-state index contributed by atoms with van der Waals surface area (Å²) in [6, 6.07) is 19.6. The maximum atomic E-state index is 12.8. The van der Waals surface area contributed by atoms with Gasteiger partial charge in [0.15, 0.2) is 0 Å². The van der Waals surface area contributed by atoms with E-state index in [1.165, 1.54) is 0 Å². The molecule has 154 valence electrons. The van der Waals surface area contributed by atoms with Gasteiger partial charge in [-0.05, 0) is 55.0 Å². The van der Waals surface area contributed by atoms with E-state index in [1.807, 2.05) is 60.4 Å². The molecule has 4 rings (SSSR count). The molecule has 0 saturated carbocycles. The summed E-state index contributed by atoms with van der Waals surface area (Å²) in [7, 11) is 0. The van der Waals surface area contributed by atoms with Crippen molar-refractivity contribution in [1.29, 1.82) is 0 Å². The number of carbonyl (C=O) groups is 2. The minimum atomic E-state index is -0.0699. The minimum absolute atomic E-state index is 0.0699. The number of aromatic amines is 1. The predicted octanol–water partition coefficient (Wildman–Crippen LogP) is 4.27. The van der Waals surface area contributed by atoms with Gasteiger partial charge in [0, 0.05) is 37.1 Å². The molecule has 5 heteroatoms. The largest absolute Gasteiger partial charge is 0.365 e. The van der Waals surface area contributed by atoms with Crippen molar-refractivity contribution in [2.45, 2.75) is 19.8 Å². The highest BCUT2D eigenvalue weighted by molar-refractivity contribution is 5.95. The van der Waals surface area contributed by atoms with Crippen molar-refractivity contribution >= 4 is 11.8 Å². The summed E-state index contributed by atoms with van der Waals surface area (Å²) < 4.78 is 0. The number of piperidine rings is 1. The van der Waals surface area contributed by atoms with E-state index in [2.05, 4.69) is 22.4 Å². The minimum Gasteiger partial charge on any atom is -0.365 e. The van der Waals surface area contributed by atoms with Gasteiger partial charge >= 0.3 is 0 Å². The molecular formula is C25H27N3O2.